The van der Waals surface area contributed by atoms with Crippen molar-refractivity contribution in [3.63, 3.8) is 0 Å². The molecule has 1 amide bonds. The van der Waals surface area contributed by atoms with E-state index >= 15 is 0 Å². The van der Waals surface area contributed by atoms with Gasteiger partial charge in [0.2, 0.25) is 5.91 Å². The maximum Gasteiger partial charge on any atom is 0.229 e. The minimum Gasteiger partial charge on any atom is -0.326 e. The average Bonchev–Trinajstić information content (AvgIpc) is 3.13. The van der Waals surface area contributed by atoms with Gasteiger partial charge in [-0.05, 0) is 67.1 Å². The summed E-state index contributed by atoms with van der Waals surface area (Å²) in [5, 5.41) is 3.82. The van der Waals surface area contributed by atoms with Gasteiger partial charge < -0.3 is 5.32 Å². The van der Waals surface area contributed by atoms with Crippen LogP contribution < -0.4 is 5.32 Å². The molecule has 0 aliphatic rings. The molecule has 0 radical (unpaired) electrons. The Morgan fingerprint density at radius 1 is 1.06 bits per heavy atom. The van der Waals surface area contributed by atoms with Gasteiger partial charge in [0.25, 0.3) is 0 Å². The lowest BCUT2D eigenvalue weighted by Crippen LogP contribution is -2.14. The Kier molecular flexibility index (Phi) is 6.29. The molecule has 154 valence electrons. The summed E-state index contributed by atoms with van der Waals surface area (Å²) in [6.07, 6.45) is 5.83. The SMILES string of the molecule is Cc1nc(-c2ccc(F)cc2)c(CC(=O)Nc2cccc(C=Cc3ccccn3)c2)s1. The number of amides is 1. The third-order valence-corrected chi connectivity index (χ3v) is 5.52. The van der Waals surface area contributed by atoms with Crippen LogP contribution in [0, 0.1) is 12.7 Å². The molecule has 4 aromatic rings. The third kappa shape index (κ3) is 5.49. The summed E-state index contributed by atoms with van der Waals surface area (Å²) < 4.78 is 13.3. The van der Waals surface area contributed by atoms with E-state index in [2.05, 4.69) is 15.3 Å². The fourth-order valence-corrected chi connectivity index (χ4v) is 4.11. The van der Waals surface area contributed by atoms with Crippen LogP contribution in [0.25, 0.3) is 23.4 Å². The summed E-state index contributed by atoms with van der Waals surface area (Å²) in [6, 6.07) is 19.5. The number of aryl methyl sites for hydroxylation is 1. The first-order valence-electron chi connectivity index (χ1n) is 9.78. The van der Waals surface area contributed by atoms with E-state index < -0.39 is 0 Å². The van der Waals surface area contributed by atoms with Gasteiger partial charge in [-0.15, -0.1) is 11.3 Å². The van der Waals surface area contributed by atoms with Crippen LogP contribution in [0.1, 0.15) is 21.1 Å². The number of hydrogen-bond donors (Lipinski definition) is 1. The van der Waals surface area contributed by atoms with Crippen molar-refractivity contribution >= 4 is 35.1 Å². The van der Waals surface area contributed by atoms with Crippen LogP contribution in [0.15, 0.2) is 72.9 Å². The van der Waals surface area contributed by atoms with Crippen LogP contribution in [-0.2, 0) is 11.2 Å². The van der Waals surface area contributed by atoms with Crippen molar-refractivity contribution in [2.24, 2.45) is 0 Å². The summed E-state index contributed by atoms with van der Waals surface area (Å²) in [4.78, 5) is 22.4. The number of anilines is 1. The zero-order chi connectivity index (χ0) is 21.6. The number of benzene rings is 2. The lowest BCUT2D eigenvalue weighted by Gasteiger charge is -2.07. The number of carbonyl (C=O) groups excluding carboxylic acids is 1. The van der Waals surface area contributed by atoms with E-state index in [4.69, 9.17) is 0 Å². The van der Waals surface area contributed by atoms with E-state index in [1.54, 1.807) is 18.3 Å². The van der Waals surface area contributed by atoms with Crippen molar-refractivity contribution in [1.29, 1.82) is 0 Å². The van der Waals surface area contributed by atoms with Gasteiger partial charge in [0.1, 0.15) is 5.82 Å². The highest BCUT2D eigenvalue weighted by Gasteiger charge is 2.15. The Morgan fingerprint density at radius 3 is 2.68 bits per heavy atom. The van der Waals surface area contributed by atoms with Crippen LogP contribution >= 0.6 is 11.3 Å². The predicted octanol–water partition coefficient (Wildman–Crippen LogP) is 6.00. The van der Waals surface area contributed by atoms with Crippen molar-refractivity contribution in [3.05, 3.63) is 99.9 Å². The molecule has 0 spiro atoms. The highest BCUT2D eigenvalue weighted by molar-refractivity contribution is 7.12. The summed E-state index contributed by atoms with van der Waals surface area (Å²) >= 11 is 1.48. The Bertz CT molecular complexity index is 1220. The molecule has 2 heterocycles. The number of nitrogens with zero attached hydrogens (tertiary/aromatic N) is 2. The second-order valence-corrected chi connectivity index (χ2v) is 8.24. The highest BCUT2D eigenvalue weighted by Crippen LogP contribution is 2.29. The van der Waals surface area contributed by atoms with Crippen LogP contribution in [0.2, 0.25) is 0 Å². The van der Waals surface area contributed by atoms with Gasteiger partial charge >= 0.3 is 0 Å². The summed E-state index contributed by atoms with van der Waals surface area (Å²) in [5.41, 5.74) is 4.08. The number of rotatable bonds is 6. The fraction of sp³-hybridized carbons (Fsp3) is 0.0800. The maximum absolute atomic E-state index is 13.3. The minimum atomic E-state index is -0.299. The number of hydrogen-bond acceptors (Lipinski definition) is 4. The third-order valence-electron chi connectivity index (χ3n) is 4.55. The topological polar surface area (TPSA) is 54.9 Å². The van der Waals surface area contributed by atoms with E-state index in [9.17, 15) is 9.18 Å². The van der Waals surface area contributed by atoms with Gasteiger partial charge in [-0.1, -0.05) is 24.3 Å². The van der Waals surface area contributed by atoms with E-state index in [-0.39, 0.29) is 18.1 Å². The van der Waals surface area contributed by atoms with Gasteiger partial charge in [0.05, 0.1) is 22.8 Å². The molecule has 2 aromatic heterocycles. The van der Waals surface area contributed by atoms with Crippen molar-refractivity contribution in [3.8, 4) is 11.3 Å². The highest BCUT2D eigenvalue weighted by atomic mass is 32.1. The molecule has 0 atom stereocenters. The number of nitrogens with one attached hydrogen (secondary N) is 1. The molecule has 0 bridgehead atoms. The Balaban J connectivity index is 1.46. The molecule has 6 heteroatoms. The standard InChI is InChI=1S/C25H20FN3OS/c1-17-28-25(19-9-11-20(26)12-10-19)23(31-17)16-24(30)29-22-7-4-5-18(15-22)8-13-21-6-2-3-14-27-21/h2-15H,16H2,1H3,(H,29,30). The predicted molar refractivity (Wildman–Crippen MR) is 124 cm³/mol. The first-order valence-corrected chi connectivity index (χ1v) is 10.6. The molecule has 0 saturated carbocycles. The minimum absolute atomic E-state index is 0.127. The molecule has 31 heavy (non-hydrogen) atoms. The molecule has 1 N–H and O–H groups in total. The van der Waals surface area contributed by atoms with Crippen LogP contribution in [0.4, 0.5) is 10.1 Å². The molecule has 2 aromatic carbocycles. The lowest BCUT2D eigenvalue weighted by molar-refractivity contribution is -0.115. The van der Waals surface area contributed by atoms with Gasteiger partial charge in [-0.2, -0.15) is 0 Å². The smallest absolute Gasteiger partial charge is 0.229 e. The van der Waals surface area contributed by atoms with Crippen LogP contribution in [0.5, 0.6) is 0 Å². The number of carbonyl (C=O) groups is 1. The van der Waals surface area contributed by atoms with Crippen molar-refractivity contribution < 1.29 is 9.18 Å². The summed E-state index contributed by atoms with van der Waals surface area (Å²) in [6.45, 7) is 1.90. The monoisotopic (exact) mass is 429 g/mol. The van der Waals surface area contributed by atoms with E-state index in [1.165, 1.54) is 23.5 Å². The fourth-order valence-electron chi connectivity index (χ4n) is 3.15. The second kappa shape index (κ2) is 9.45. The number of aromatic nitrogens is 2. The van der Waals surface area contributed by atoms with Crippen LogP contribution in [-0.4, -0.2) is 15.9 Å². The average molecular weight is 430 g/mol. The second-order valence-electron chi connectivity index (χ2n) is 6.95. The van der Waals surface area contributed by atoms with E-state index in [1.807, 2.05) is 61.5 Å². The number of pyridine rings is 1. The molecular weight excluding hydrogens is 409 g/mol. The zero-order valence-corrected chi connectivity index (χ0v) is 17.7. The van der Waals surface area contributed by atoms with Gasteiger partial charge in [0.15, 0.2) is 0 Å². The molecule has 0 unspecified atom stereocenters. The summed E-state index contributed by atoms with van der Waals surface area (Å²) in [5.74, 6) is -0.426. The lowest BCUT2D eigenvalue weighted by atomic mass is 10.1. The molecule has 0 aliphatic carbocycles. The molecular formula is C25H20FN3OS. The van der Waals surface area contributed by atoms with E-state index in [0.29, 0.717) is 0 Å². The maximum atomic E-state index is 13.3. The molecule has 4 rings (SSSR count). The van der Waals surface area contributed by atoms with E-state index in [0.717, 1.165) is 38.1 Å². The first kappa shape index (κ1) is 20.6. The molecule has 0 aliphatic heterocycles. The number of thiazole rings is 1. The molecule has 4 nitrogen and oxygen atoms in total. The van der Waals surface area contributed by atoms with Crippen molar-refractivity contribution in [2.75, 3.05) is 5.32 Å². The molecule has 0 fully saturated rings. The zero-order valence-electron chi connectivity index (χ0n) is 16.9. The first-order chi connectivity index (χ1) is 15.1. The normalized spacial score (nSPS) is 11.0. The van der Waals surface area contributed by atoms with Gasteiger partial charge in [0, 0.05) is 22.3 Å². The van der Waals surface area contributed by atoms with Crippen molar-refractivity contribution in [2.45, 2.75) is 13.3 Å². The molecule has 0 saturated heterocycles. The van der Waals surface area contributed by atoms with Crippen molar-refractivity contribution in [1.82, 2.24) is 9.97 Å². The Labute approximate surface area is 184 Å². The quantitative estimate of drug-likeness (QED) is 0.409. The number of halogens is 1. The largest absolute Gasteiger partial charge is 0.326 e. The summed E-state index contributed by atoms with van der Waals surface area (Å²) in [7, 11) is 0. The Morgan fingerprint density at radius 2 is 1.90 bits per heavy atom. The van der Waals surface area contributed by atoms with Gasteiger partial charge in [-0.25, -0.2) is 9.37 Å². The Hall–Kier alpha value is -3.64. The van der Waals surface area contributed by atoms with Crippen LogP contribution in [0.3, 0.4) is 0 Å². The van der Waals surface area contributed by atoms with Gasteiger partial charge in [-0.3, -0.25) is 9.78 Å².